The van der Waals surface area contributed by atoms with Crippen molar-refractivity contribution in [2.45, 2.75) is 6.42 Å². The zero-order valence-corrected chi connectivity index (χ0v) is 9.82. The van der Waals surface area contributed by atoms with Crippen LogP contribution in [0.3, 0.4) is 0 Å². The highest BCUT2D eigenvalue weighted by molar-refractivity contribution is 7.10. The Balaban J connectivity index is 2.16. The first-order chi connectivity index (χ1) is 7.69. The Kier molecular flexibility index (Phi) is 3.00. The van der Waals surface area contributed by atoms with Crippen LogP contribution in [-0.4, -0.2) is 27.8 Å². The number of rotatable bonds is 3. The molecule has 84 valence electrons. The molecule has 0 unspecified atom stereocenters. The Labute approximate surface area is 96.7 Å². The van der Waals surface area contributed by atoms with Gasteiger partial charge in [-0.05, 0) is 0 Å². The van der Waals surface area contributed by atoms with E-state index in [1.807, 2.05) is 18.6 Å². The lowest BCUT2D eigenvalue weighted by Crippen LogP contribution is -2.03. The summed E-state index contributed by atoms with van der Waals surface area (Å²) < 4.78 is 6.30. The second-order valence-electron chi connectivity index (χ2n) is 3.28. The molecule has 6 heteroatoms. The highest BCUT2D eigenvalue weighted by atomic mass is 32.1. The maximum atomic E-state index is 11.1. The van der Waals surface area contributed by atoms with E-state index < -0.39 is 0 Å². The quantitative estimate of drug-likeness (QED) is 0.754. The minimum atomic E-state index is -0.271. The highest BCUT2D eigenvalue weighted by Crippen LogP contribution is 2.21. The van der Waals surface area contributed by atoms with Gasteiger partial charge in [-0.15, -0.1) is 11.3 Å². The van der Waals surface area contributed by atoms with Gasteiger partial charge in [-0.1, -0.05) is 0 Å². The van der Waals surface area contributed by atoms with Gasteiger partial charge in [0, 0.05) is 24.2 Å². The van der Waals surface area contributed by atoms with Crippen LogP contribution in [0.4, 0.5) is 0 Å². The Morgan fingerprint density at radius 3 is 3.06 bits per heavy atom. The number of aromatic nitrogens is 3. The van der Waals surface area contributed by atoms with E-state index in [1.54, 1.807) is 10.9 Å². The Morgan fingerprint density at radius 1 is 1.62 bits per heavy atom. The third-order valence-electron chi connectivity index (χ3n) is 2.08. The lowest BCUT2D eigenvalue weighted by atomic mass is 10.3. The topological polar surface area (TPSA) is 57.0 Å². The molecule has 16 heavy (non-hydrogen) atoms. The summed E-state index contributed by atoms with van der Waals surface area (Å²) in [5, 5.41) is 6.74. The fraction of sp³-hybridized carbons (Fsp3) is 0.300. The monoisotopic (exact) mass is 237 g/mol. The third-order valence-corrected chi connectivity index (χ3v) is 2.92. The number of carbonyl (C=O) groups excluding carboxylic acids is 1. The van der Waals surface area contributed by atoms with Crippen molar-refractivity contribution < 1.29 is 9.53 Å². The zero-order valence-electron chi connectivity index (χ0n) is 9.01. The molecule has 0 atom stereocenters. The van der Waals surface area contributed by atoms with Gasteiger partial charge in [-0.3, -0.25) is 9.48 Å². The molecule has 0 amide bonds. The van der Waals surface area contributed by atoms with Crippen molar-refractivity contribution in [2.24, 2.45) is 7.05 Å². The van der Waals surface area contributed by atoms with Crippen LogP contribution in [0, 0.1) is 0 Å². The van der Waals surface area contributed by atoms with E-state index in [2.05, 4.69) is 14.8 Å². The molecular formula is C10H11N3O2S. The number of ether oxygens (including phenoxy) is 1. The molecule has 0 spiro atoms. The first-order valence-electron chi connectivity index (χ1n) is 4.69. The minimum Gasteiger partial charge on any atom is -0.469 e. The van der Waals surface area contributed by atoms with Crippen molar-refractivity contribution in [1.29, 1.82) is 0 Å². The summed E-state index contributed by atoms with van der Waals surface area (Å²) in [4.78, 5) is 15.4. The largest absolute Gasteiger partial charge is 0.469 e. The van der Waals surface area contributed by atoms with Crippen LogP contribution in [0.1, 0.15) is 5.01 Å². The molecule has 0 aromatic carbocycles. The number of thiazole rings is 1. The molecule has 2 aromatic rings. The molecule has 0 fully saturated rings. The summed E-state index contributed by atoms with van der Waals surface area (Å²) in [6.45, 7) is 0. The maximum Gasteiger partial charge on any atom is 0.312 e. The van der Waals surface area contributed by atoms with E-state index in [4.69, 9.17) is 0 Å². The van der Waals surface area contributed by atoms with Crippen LogP contribution >= 0.6 is 11.3 Å². The fourth-order valence-electron chi connectivity index (χ4n) is 1.27. The predicted octanol–water partition coefficient (Wildman–Crippen LogP) is 1.26. The average Bonchev–Trinajstić information content (AvgIpc) is 2.87. The van der Waals surface area contributed by atoms with Gasteiger partial charge in [-0.25, -0.2) is 4.98 Å². The molecule has 0 N–H and O–H groups in total. The zero-order chi connectivity index (χ0) is 11.5. The number of hydrogen-bond acceptors (Lipinski definition) is 5. The van der Waals surface area contributed by atoms with Crippen LogP contribution in [0.2, 0.25) is 0 Å². The molecule has 0 bridgehead atoms. The van der Waals surface area contributed by atoms with Crippen LogP contribution in [0.15, 0.2) is 17.8 Å². The molecule has 2 heterocycles. The summed E-state index contributed by atoms with van der Waals surface area (Å²) in [5.74, 6) is -0.271. The highest BCUT2D eigenvalue weighted by Gasteiger charge is 2.09. The summed E-state index contributed by atoms with van der Waals surface area (Å²) >= 11 is 1.45. The number of carbonyl (C=O) groups is 1. The van der Waals surface area contributed by atoms with E-state index in [-0.39, 0.29) is 12.4 Å². The molecule has 0 aliphatic rings. The van der Waals surface area contributed by atoms with Crippen molar-refractivity contribution >= 4 is 17.3 Å². The van der Waals surface area contributed by atoms with E-state index >= 15 is 0 Å². The molecule has 0 saturated carbocycles. The molecule has 2 rings (SSSR count). The molecule has 0 radical (unpaired) electrons. The van der Waals surface area contributed by atoms with Crippen LogP contribution in [-0.2, 0) is 23.0 Å². The first kappa shape index (κ1) is 10.8. The van der Waals surface area contributed by atoms with Crippen molar-refractivity contribution in [1.82, 2.24) is 14.8 Å². The standard InChI is InChI=1S/C10H11N3O2S/c1-13-5-7(4-11-13)8-6-16-9(12-8)3-10(14)15-2/h4-6H,3H2,1-2H3. The number of nitrogens with zero attached hydrogens (tertiary/aromatic N) is 3. The normalized spacial score (nSPS) is 10.4. The van der Waals surface area contributed by atoms with Gasteiger partial charge >= 0.3 is 5.97 Å². The first-order valence-corrected chi connectivity index (χ1v) is 5.57. The summed E-state index contributed by atoms with van der Waals surface area (Å²) in [6, 6.07) is 0. The van der Waals surface area contributed by atoms with Gasteiger partial charge in [-0.2, -0.15) is 5.10 Å². The Bertz CT molecular complexity index is 504. The fourth-order valence-corrected chi connectivity index (χ4v) is 2.06. The summed E-state index contributed by atoms with van der Waals surface area (Å²) in [6.07, 6.45) is 3.86. The average molecular weight is 237 g/mol. The number of methoxy groups -OCH3 is 1. The number of hydrogen-bond donors (Lipinski definition) is 0. The second kappa shape index (κ2) is 4.44. The lowest BCUT2D eigenvalue weighted by molar-refractivity contribution is -0.139. The van der Waals surface area contributed by atoms with Crippen molar-refractivity contribution in [3.63, 3.8) is 0 Å². The molecule has 0 aliphatic heterocycles. The Morgan fingerprint density at radius 2 is 2.44 bits per heavy atom. The Hall–Kier alpha value is -1.69. The van der Waals surface area contributed by atoms with Gasteiger partial charge in [0.25, 0.3) is 0 Å². The van der Waals surface area contributed by atoms with Crippen molar-refractivity contribution in [3.05, 3.63) is 22.8 Å². The van der Waals surface area contributed by atoms with E-state index in [0.717, 1.165) is 16.3 Å². The number of aryl methyl sites for hydroxylation is 1. The third kappa shape index (κ3) is 2.27. The van der Waals surface area contributed by atoms with Crippen LogP contribution in [0.25, 0.3) is 11.3 Å². The molecule has 5 nitrogen and oxygen atoms in total. The predicted molar refractivity (Wildman–Crippen MR) is 60.0 cm³/mol. The maximum absolute atomic E-state index is 11.1. The molecule has 0 aliphatic carbocycles. The lowest BCUT2D eigenvalue weighted by Gasteiger charge is -1.93. The van der Waals surface area contributed by atoms with Crippen LogP contribution in [0.5, 0.6) is 0 Å². The van der Waals surface area contributed by atoms with E-state index in [9.17, 15) is 4.79 Å². The number of esters is 1. The SMILES string of the molecule is COC(=O)Cc1nc(-c2cnn(C)c2)cs1. The van der Waals surface area contributed by atoms with Crippen molar-refractivity contribution in [3.8, 4) is 11.3 Å². The molecule has 2 aromatic heterocycles. The summed E-state index contributed by atoms with van der Waals surface area (Å²) in [7, 11) is 3.23. The van der Waals surface area contributed by atoms with E-state index in [1.165, 1.54) is 18.4 Å². The van der Waals surface area contributed by atoms with Gasteiger partial charge in [0.15, 0.2) is 0 Å². The van der Waals surface area contributed by atoms with Gasteiger partial charge in [0.2, 0.25) is 0 Å². The van der Waals surface area contributed by atoms with E-state index in [0.29, 0.717) is 0 Å². The van der Waals surface area contributed by atoms with Gasteiger partial charge in [0.05, 0.1) is 25.4 Å². The molecule has 0 saturated heterocycles. The minimum absolute atomic E-state index is 0.224. The van der Waals surface area contributed by atoms with Crippen LogP contribution < -0.4 is 0 Å². The smallest absolute Gasteiger partial charge is 0.312 e. The molecular weight excluding hydrogens is 226 g/mol. The summed E-state index contributed by atoms with van der Waals surface area (Å²) in [5.41, 5.74) is 1.80. The van der Waals surface area contributed by atoms with Gasteiger partial charge < -0.3 is 4.74 Å². The van der Waals surface area contributed by atoms with Crippen molar-refractivity contribution in [2.75, 3.05) is 7.11 Å². The second-order valence-corrected chi connectivity index (χ2v) is 4.22. The van der Waals surface area contributed by atoms with Gasteiger partial charge in [0.1, 0.15) is 5.01 Å².